The molecule has 1 aromatic heterocycles. The van der Waals surface area contributed by atoms with Crippen LogP contribution in [0.25, 0.3) is 0 Å². The van der Waals surface area contributed by atoms with Crippen molar-refractivity contribution in [3.05, 3.63) is 65.7 Å². The van der Waals surface area contributed by atoms with Crippen LogP contribution in [0.15, 0.2) is 53.1 Å². The molecule has 1 atom stereocenters. The minimum Gasteiger partial charge on any atom is -0.497 e. The topological polar surface area (TPSA) is 116 Å². The normalized spacial score (nSPS) is 11.4. The minimum atomic E-state index is -0.702. The van der Waals surface area contributed by atoms with Crippen molar-refractivity contribution < 1.29 is 28.0 Å². The van der Waals surface area contributed by atoms with E-state index in [-0.39, 0.29) is 11.9 Å². The fraction of sp³-hybridized carbons (Fsp3) is 0.200. The van der Waals surface area contributed by atoms with Crippen LogP contribution in [0.1, 0.15) is 24.4 Å². The largest absolute Gasteiger partial charge is 0.497 e. The van der Waals surface area contributed by atoms with Gasteiger partial charge in [0.05, 0.1) is 13.2 Å². The number of methoxy groups -OCH3 is 1. The predicted octanol–water partition coefficient (Wildman–Crippen LogP) is 3.25. The van der Waals surface area contributed by atoms with Crippen LogP contribution in [0, 0.1) is 5.82 Å². The highest BCUT2D eigenvalue weighted by Crippen LogP contribution is 2.21. The number of esters is 1. The van der Waals surface area contributed by atoms with Crippen molar-refractivity contribution in [2.75, 3.05) is 12.4 Å². The molecule has 0 unspecified atom stereocenters. The quantitative estimate of drug-likeness (QED) is 0.570. The van der Waals surface area contributed by atoms with Crippen molar-refractivity contribution in [3.8, 4) is 11.8 Å². The molecule has 0 radical (unpaired) electrons. The summed E-state index contributed by atoms with van der Waals surface area (Å²) in [6.45, 7) is 1.20. The number of urea groups is 1. The number of nitrogens with zero attached hydrogens (tertiary/aromatic N) is 2. The Morgan fingerprint density at radius 3 is 2.47 bits per heavy atom. The number of carbonyl (C=O) groups is 2. The maximum Gasteiger partial charge on any atom is 0.425 e. The Morgan fingerprint density at radius 2 is 1.83 bits per heavy atom. The zero-order valence-electron chi connectivity index (χ0n) is 16.2. The smallest absolute Gasteiger partial charge is 0.425 e. The number of hydrogen-bond acceptors (Lipinski definition) is 7. The maximum absolute atomic E-state index is 13.0. The Balaban J connectivity index is 1.76. The maximum atomic E-state index is 13.0. The third kappa shape index (κ3) is 5.77. The molecule has 1 heterocycles. The van der Waals surface area contributed by atoms with E-state index in [1.807, 2.05) is 12.1 Å². The van der Waals surface area contributed by atoms with Crippen LogP contribution in [0.5, 0.6) is 11.8 Å². The van der Waals surface area contributed by atoms with Gasteiger partial charge in [-0.3, -0.25) is 9.32 Å². The van der Waals surface area contributed by atoms with Crippen LogP contribution in [0.4, 0.5) is 14.9 Å². The SMILES string of the molecule is COc1ccc(C[C@H](NC(=O)Nc2ccc(F)cc2)c2noc(OC(C)=O)n2)cc1. The van der Waals surface area contributed by atoms with Crippen molar-refractivity contribution in [1.29, 1.82) is 0 Å². The average Bonchev–Trinajstić information content (AvgIpc) is 3.17. The first-order chi connectivity index (χ1) is 14.4. The molecule has 0 saturated carbocycles. The number of benzene rings is 2. The van der Waals surface area contributed by atoms with Gasteiger partial charge in [0.2, 0.25) is 0 Å². The Morgan fingerprint density at radius 1 is 1.13 bits per heavy atom. The Labute approximate surface area is 171 Å². The van der Waals surface area contributed by atoms with E-state index >= 15 is 0 Å². The summed E-state index contributed by atoms with van der Waals surface area (Å²) < 4.78 is 27.9. The molecule has 2 aromatic carbocycles. The number of amides is 2. The molecule has 2 N–H and O–H groups in total. The number of ether oxygens (including phenoxy) is 2. The Hall–Kier alpha value is -3.95. The van der Waals surface area contributed by atoms with Gasteiger partial charge in [-0.25, -0.2) is 9.18 Å². The van der Waals surface area contributed by atoms with Gasteiger partial charge in [0.1, 0.15) is 11.6 Å². The molecule has 30 heavy (non-hydrogen) atoms. The van der Waals surface area contributed by atoms with Gasteiger partial charge in [0.15, 0.2) is 5.82 Å². The minimum absolute atomic E-state index is 0.122. The number of rotatable bonds is 7. The number of anilines is 1. The van der Waals surface area contributed by atoms with Crippen LogP contribution in [-0.2, 0) is 11.2 Å². The lowest BCUT2D eigenvalue weighted by molar-refractivity contribution is -0.133. The molecule has 0 bridgehead atoms. The molecule has 9 nitrogen and oxygen atoms in total. The molecular weight excluding hydrogens is 395 g/mol. The predicted molar refractivity (Wildman–Crippen MR) is 104 cm³/mol. The monoisotopic (exact) mass is 414 g/mol. The van der Waals surface area contributed by atoms with E-state index in [2.05, 4.69) is 20.8 Å². The van der Waals surface area contributed by atoms with Crippen molar-refractivity contribution in [2.24, 2.45) is 0 Å². The fourth-order valence-electron chi connectivity index (χ4n) is 2.59. The molecule has 2 amide bonds. The molecule has 0 fully saturated rings. The lowest BCUT2D eigenvalue weighted by atomic mass is 10.1. The third-order valence-electron chi connectivity index (χ3n) is 3.97. The van der Waals surface area contributed by atoms with Crippen LogP contribution < -0.4 is 20.1 Å². The highest BCUT2D eigenvalue weighted by molar-refractivity contribution is 5.89. The van der Waals surface area contributed by atoms with E-state index in [1.165, 1.54) is 31.2 Å². The van der Waals surface area contributed by atoms with Crippen molar-refractivity contribution in [3.63, 3.8) is 0 Å². The highest BCUT2D eigenvalue weighted by atomic mass is 19.1. The van der Waals surface area contributed by atoms with Crippen molar-refractivity contribution >= 4 is 17.7 Å². The number of hydrogen-bond donors (Lipinski definition) is 2. The van der Waals surface area contributed by atoms with Crippen LogP contribution in [0.3, 0.4) is 0 Å². The summed E-state index contributed by atoms with van der Waals surface area (Å²) in [7, 11) is 1.56. The number of aromatic nitrogens is 2. The van der Waals surface area contributed by atoms with Gasteiger partial charge in [-0.05, 0) is 42.0 Å². The standard InChI is InChI=1S/C20H19FN4O5/c1-12(26)29-20-24-18(25-30-20)17(11-13-3-9-16(28-2)10-4-13)23-19(27)22-15-7-5-14(21)6-8-15/h3-10,17H,11H2,1-2H3,(H2,22,23,27)/t17-/m0/s1. The van der Waals surface area contributed by atoms with E-state index < -0.39 is 23.9 Å². The summed E-state index contributed by atoms with van der Waals surface area (Å²) in [6, 6.07) is 11.3. The average molecular weight is 414 g/mol. The molecule has 3 aromatic rings. The summed E-state index contributed by atoms with van der Waals surface area (Å²) in [4.78, 5) is 27.5. The fourth-order valence-corrected chi connectivity index (χ4v) is 2.59. The number of nitrogens with one attached hydrogen (secondary N) is 2. The number of halogens is 1. The van der Waals surface area contributed by atoms with Gasteiger partial charge in [0.25, 0.3) is 0 Å². The summed E-state index contributed by atoms with van der Waals surface area (Å²) in [5.74, 6) is -0.215. The van der Waals surface area contributed by atoms with Gasteiger partial charge in [-0.1, -0.05) is 17.3 Å². The third-order valence-corrected chi connectivity index (χ3v) is 3.97. The molecule has 0 saturated heterocycles. The lowest BCUT2D eigenvalue weighted by Crippen LogP contribution is -2.34. The van der Waals surface area contributed by atoms with Crippen LogP contribution in [0.2, 0.25) is 0 Å². The van der Waals surface area contributed by atoms with E-state index in [0.29, 0.717) is 17.9 Å². The lowest BCUT2D eigenvalue weighted by Gasteiger charge is -2.16. The summed E-state index contributed by atoms with van der Waals surface area (Å²) in [5, 5.41) is 9.13. The van der Waals surface area contributed by atoms with Gasteiger partial charge < -0.3 is 20.1 Å². The Bertz CT molecular complexity index is 1000. The molecule has 0 aliphatic heterocycles. The van der Waals surface area contributed by atoms with Crippen molar-refractivity contribution in [1.82, 2.24) is 15.5 Å². The summed E-state index contributed by atoms with van der Waals surface area (Å²) in [6.07, 6.45) is -0.00200. The molecule has 0 spiro atoms. The van der Waals surface area contributed by atoms with Gasteiger partial charge in [0, 0.05) is 19.0 Å². The summed E-state index contributed by atoms with van der Waals surface area (Å²) >= 11 is 0. The van der Waals surface area contributed by atoms with Crippen LogP contribution in [-0.4, -0.2) is 29.3 Å². The van der Waals surface area contributed by atoms with Gasteiger partial charge in [-0.2, -0.15) is 4.98 Å². The molecule has 10 heteroatoms. The van der Waals surface area contributed by atoms with Gasteiger partial charge in [-0.15, -0.1) is 0 Å². The molecule has 3 rings (SSSR count). The molecule has 156 valence electrons. The second-order valence-corrected chi connectivity index (χ2v) is 6.22. The zero-order valence-corrected chi connectivity index (χ0v) is 16.2. The van der Waals surface area contributed by atoms with Crippen LogP contribution >= 0.6 is 0 Å². The molecule has 0 aliphatic rings. The van der Waals surface area contributed by atoms with Crippen molar-refractivity contribution in [2.45, 2.75) is 19.4 Å². The molecular formula is C20H19FN4O5. The van der Waals surface area contributed by atoms with E-state index in [1.54, 1.807) is 19.2 Å². The second-order valence-electron chi connectivity index (χ2n) is 6.22. The first-order valence-electron chi connectivity index (χ1n) is 8.91. The van der Waals surface area contributed by atoms with Gasteiger partial charge >= 0.3 is 18.1 Å². The molecule has 0 aliphatic carbocycles. The Kier molecular flexibility index (Phi) is 6.58. The van der Waals surface area contributed by atoms with E-state index in [9.17, 15) is 14.0 Å². The zero-order chi connectivity index (χ0) is 21.5. The first-order valence-corrected chi connectivity index (χ1v) is 8.91. The summed E-state index contributed by atoms with van der Waals surface area (Å²) in [5.41, 5.74) is 1.27. The first kappa shape index (κ1) is 20.8. The second kappa shape index (κ2) is 9.50. The number of carbonyl (C=O) groups excluding carboxylic acids is 2. The van der Waals surface area contributed by atoms with E-state index in [0.717, 1.165) is 5.56 Å². The van der Waals surface area contributed by atoms with E-state index in [4.69, 9.17) is 14.0 Å². The highest BCUT2D eigenvalue weighted by Gasteiger charge is 2.22.